The second-order valence-electron chi connectivity index (χ2n) is 7.12. The smallest absolute Gasteiger partial charge is 0.310 e. The Bertz CT molecular complexity index is 1390. The Morgan fingerprint density at radius 1 is 1.28 bits per heavy atom. The van der Waals surface area contributed by atoms with E-state index in [1.807, 2.05) is 0 Å². The van der Waals surface area contributed by atoms with Crippen molar-refractivity contribution in [1.82, 2.24) is 14.8 Å². The average Bonchev–Trinajstić information content (AvgIpc) is 3.33. The lowest BCUT2D eigenvalue weighted by Crippen LogP contribution is -2.09. The van der Waals surface area contributed by atoms with Gasteiger partial charge in [-0.15, -0.1) is 0 Å². The molecular weight excluding hydrogens is 426 g/mol. The number of benzene rings is 1. The summed E-state index contributed by atoms with van der Waals surface area (Å²) in [6, 6.07) is 4.06. The minimum Gasteiger partial charge on any atom is -0.494 e. The first-order valence-electron chi connectivity index (χ1n) is 9.32. The number of carbonyl (C=O) groups is 1. The summed E-state index contributed by atoms with van der Waals surface area (Å²) in [6.07, 6.45) is 2.70. The number of aromatic nitrogens is 3. The van der Waals surface area contributed by atoms with E-state index in [4.69, 9.17) is 9.15 Å². The number of methoxy groups -OCH3 is 1. The third kappa shape index (κ3) is 3.57. The van der Waals surface area contributed by atoms with Crippen molar-refractivity contribution in [2.24, 2.45) is 7.05 Å². The molecule has 0 unspecified atom stereocenters. The summed E-state index contributed by atoms with van der Waals surface area (Å²) >= 11 is 0. The quantitative estimate of drug-likeness (QED) is 0.253. The first-order chi connectivity index (χ1) is 15.2. The molecule has 0 saturated heterocycles. The highest BCUT2D eigenvalue weighted by atomic mass is 19.1. The van der Waals surface area contributed by atoms with Crippen LogP contribution in [0.15, 0.2) is 35.0 Å². The summed E-state index contributed by atoms with van der Waals surface area (Å²) in [5, 5.41) is 15.7. The number of aryl methyl sites for hydroxylation is 2. The lowest BCUT2D eigenvalue weighted by atomic mass is 10.0. The molecule has 0 spiro atoms. The van der Waals surface area contributed by atoms with Crippen LogP contribution in [0.5, 0.6) is 5.75 Å². The number of carbonyl (C=O) groups excluding carboxylic acids is 1. The van der Waals surface area contributed by atoms with E-state index < -0.39 is 27.9 Å². The number of ether oxygens (including phenoxy) is 1. The fourth-order valence-electron chi connectivity index (χ4n) is 3.38. The van der Waals surface area contributed by atoms with E-state index in [0.29, 0.717) is 11.1 Å². The maximum absolute atomic E-state index is 14.6. The van der Waals surface area contributed by atoms with Crippen molar-refractivity contribution in [3.8, 4) is 5.75 Å². The van der Waals surface area contributed by atoms with Gasteiger partial charge in [0.05, 0.1) is 18.2 Å². The van der Waals surface area contributed by atoms with E-state index in [1.54, 1.807) is 13.1 Å². The Balaban J connectivity index is 1.71. The van der Waals surface area contributed by atoms with Crippen LogP contribution in [-0.2, 0) is 13.5 Å². The Morgan fingerprint density at radius 2 is 2.03 bits per heavy atom. The SMILES string of the molecule is COc1cc(C)c(F)c(C(=O)c2cc3cc(Cc4nn(C)cc4[N+](=O)[O-])ncc3o2)c1F. The molecule has 0 fully saturated rings. The highest BCUT2D eigenvalue weighted by Crippen LogP contribution is 2.30. The molecule has 4 aromatic rings. The minimum atomic E-state index is -1.12. The van der Waals surface area contributed by atoms with E-state index in [1.165, 1.54) is 37.2 Å². The lowest BCUT2D eigenvalue weighted by Gasteiger charge is -2.09. The maximum Gasteiger partial charge on any atom is 0.310 e. The molecule has 9 nitrogen and oxygen atoms in total. The Kier molecular flexibility index (Phi) is 5.17. The standard InChI is InChI=1S/C21H16F2N4O5/c1-10-4-15(31-3)20(23)18(19(10)22)21(28)16-6-11-5-12(24-8-17(11)32-16)7-13-14(27(29)30)9-26(2)25-13/h4-6,8-9H,7H2,1-3H3. The second-order valence-corrected chi connectivity index (χ2v) is 7.12. The predicted octanol–water partition coefficient (Wildman–Crippen LogP) is 3.89. The molecule has 4 rings (SSSR count). The summed E-state index contributed by atoms with van der Waals surface area (Å²) in [6.45, 7) is 1.39. The molecule has 0 aliphatic heterocycles. The van der Waals surface area contributed by atoms with Gasteiger partial charge in [0.1, 0.15) is 23.3 Å². The lowest BCUT2D eigenvalue weighted by molar-refractivity contribution is -0.385. The normalized spacial score (nSPS) is 11.2. The summed E-state index contributed by atoms with van der Waals surface area (Å²) in [4.78, 5) is 27.7. The van der Waals surface area contributed by atoms with Gasteiger partial charge in [-0.3, -0.25) is 24.6 Å². The van der Waals surface area contributed by atoms with Crippen molar-refractivity contribution in [3.63, 3.8) is 0 Å². The molecule has 0 aliphatic carbocycles. The van der Waals surface area contributed by atoms with Gasteiger partial charge in [-0.1, -0.05) is 0 Å². The van der Waals surface area contributed by atoms with E-state index in [-0.39, 0.29) is 40.5 Å². The third-order valence-corrected chi connectivity index (χ3v) is 4.91. The largest absolute Gasteiger partial charge is 0.494 e. The highest BCUT2D eigenvalue weighted by Gasteiger charge is 2.27. The third-order valence-electron chi connectivity index (χ3n) is 4.91. The van der Waals surface area contributed by atoms with Crippen LogP contribution in [0.2, 0.25) is 0 Å². The molecule has 0 N–H and O–H groups in total. The fraction of sp³-hybridized carbons (Fsp3) is 0.190. The number of nitrogens with zero attached hydrogens (tertiary/aromatic N) is 4. The topological polar surface area (TPSA) is 113 Å². The zero-order valence-corrected chi connectivity index (χ0v) is 17.2. The highest BCUT2D eigenvalue weighted by molar-refractivity contribution is 6.09. The van der Waals surface area contributed by atoms with Crippen LogP contribution in [0, 0.1) is 28.7 Å². The number of nitro groups is 1. The predicted molar refractivity (Wildman–Crippen MR) is 108 cm³/mol. The van der Waals surface area contributed by atoms with Gasteiger partial charge >= 0.3 is 5.69 Å². The summed E-state index contributed by atoms with van der Waals surface area (Å²) in [7, 11) is 2.78. The number of rotatable bonds is 6. The van der Waals surface area contributed by atoms with Crippen LogP contribution in [0.1, 0.15) is 33.1 Å². The van der Waals surface area contributed by atoms with Gasteiger partial charge in [-0.05, 0) is 30.7 Å². The van der Waals surface area contributed by atoms with Crippen molar-refractivity contribution in [2.75, 3.05) is 7.11 Å². The van der Waals surface area contributed by atoms with Gasteiger partial charge in [0, 0.05) is 24.5 Å². The van der Waals surface area contributed by atoms with Crippen molar-refractivity contribution in [1.29, 1.82) is 0 Å². The van der Waals surface area contributed by atoms with Crippen LogP contribution in [0.4, 0.5) is 14.5 Å². The van der Waals surface area contributed by atoms with E-state index in [0.717, 1.165) is 6.07 Å². The van der Waals surface area contributed by atoms with Crippen LogP contribution >= 0.6 is 0 Å². The molecule has 3 aromatic heterocycles. The van der Waals surface area contributed by atoms with E-state index >= 15 is 0 Å². The summed E-state index contributed by atoms with van der Waals surface area (Å²) in [5.41, 5.74) is 0.000466. The molecule has 0 radical (unpaired) electrons. The number of hydrogen-bond acceptors (Lipinski definition) is 7. The molecule has 11 heteroatoms. The van der Waals surface area contributed by atoms with Crippen LogP contribution in [0.25, 0.3) is 11.0 Å². The molecule has 164 valence electrons. The van der Waals surface area contributed by atoms with Crippen LogP contribution in [-0.4, -0.2) is 32.6 Å². The van der Waals surface area contributed by atoms with Gasteiger partial charge < -0.3 is 9.15 Å². The molecule has 0 saturated carbocycles. The number of fused-ring (bicyclic) bond motifs is 1. The van der Waals surface area contributed by atoms with E-state index in [9.17, 15) is 23.7 Å². The van der Waals surface area contributed by atoms with Crippen LogP contribution in [0.3, 0.4) is 0 Å². The van der Waals surface area contributed by atoms with Crippen molar-refractivity contribution >= 4 is 22.4 Å². The van der Waals surface area contributed by atoms with Gasteiger partial charge in [-0.2, -0.15) is 5.10 Å². The zero-order chi connectivity index (χ0) is 23.2. The summed E-state index contributed by atoms with van der Waals surface area (Å²) in [5.74, 6) is -3.66. The Morgan fingerprint density at radius 3 is 2.72 bits per heavy atom. The number of furan rings is 1. The molecule has 0 amide bonds. The van der Waals surface area contributed by atoms with Crippen molar-refractivity contribution in [3.05, 3.63) is 80.6 Å². The molecule has 0 aliphatic rings. The molecule has 3 heterocycles. The fourth-order valence-corrected chi connectivity index (χ4v) is 3.38. The number of halogens is 2. The number of hydrogen-bond donors (Lipinski definition) is 0. The van der Waals surface area contributed by atoms with E-state index in [2.05, 4.69) is 10.1 Å². The first-order valence-corrected chi connectivity index (χ1v) is 9.32. The van der Waals surface area contributed by atoms with Gasteiger partial charge in [0.2, 0.25) is 5.78 Å². The van der Waals surface area contributed by atoms with Gasteiger partial charge in [-0.25, -0.2) is 8.78 Å². The molecule has 32 heavy (non-hydrogen) atoms. The number of ketones is 1. The van der Waals surface area contributed by atoms with Crippen molar-refractivity contribution in [2.45, 2.75) is 13.3 Å². The van der Waals surface area contributed by atoms with Crippen LogP contribution < -0.4 is 4.74 Å². The first kappa shape index (κ1) is 21.1. The summed E-state index contributed by atoms with van der Waals surface area (Å²) < 4.78 is 40.8. The van der Waals surface area contributed by atoms with Gasteiger partial charge in [0.25, 0.3) is 0 Å². The second kappa shape index (κ2) is 7.84. The zero-order valence-electron chi connectivity index (χ0n) is 17.2. The molecular formula is C21H16F2N4O5. The average molecular weight is 442 g/mol. The monoisotopic (exact) mass is 442 g/mol. The molecule has 0 atom stereocenters. The molecule has 0 bridgehead atoms. The Labute approximate surface area is 179 Å². The minimum absolute atomic E-state index is 0.0450. The Hall–Kier alpha value is -4.15. The van der Waals surface area contributed by atoms with Crippen molar-refractivity contribution < 1.29 is 27.7 Å². The van der Waals surface area contributed by atoms with Gasteiger partial charge in [0.15, 0.2) is 22.9 Å². The maximum atomic E-state index is 14.6. The molecule has 1 aromatic carbocycles. The number of pyridine rings is 1.